The van der Waals surface area contributed by atoms with Crippen LogP contribution >= 0.6 is 0 Å². The monoisotopic (exact) mass is 363 g/mol. The Morgan fingerprint density at radius 1 is 1.42 bits per heavy atom. The molecule has 7 heteroatoms. The third kappa shape index (κ3) is 7.17. The van der Waals surface area contributed by atoms with Crippen LogP contribution in [0.1, 0.15) is 31.7 Å². The normalized spacial score (nSPS) is 17.3. The first kappa shape index (κ1) is 20.5. The predicted octanol–water partition coefficient (Wildman–Crippen LogP) is 1.79. The zero-order chi connectivity index (χ0) is 18.6. The first-order chi connectivity index (χ1) is 12.7. The maximum Gasteiger partial charge on any atom is 0.191 e. The van der Waals surface area contributed by atoms with Crippen molar-refractivity contribution in [2.75, 3.05) is 51.9 Å². The highest BCUT2D eigenvalue weighted by atomic mass is 16.5. The molecule has 1 aromatic rings. The lowest BCUT2D eigenvalue weighted by atomic mass is 10.2. The molecule has 0 spiro atoms. The van der Waals surface area contributed by atoms with Crippen molar-refractivity contribution in [2.24, 2.45) is 4.99 Å². The lowest BCUT2D eigenvalue weighted by Crippen LogP contribution is -2.38. The van der Waals surface area contributed by atoms with Crippen LogP contribution in [0.2, 0.25) is 0 Å². The van der Waals surface area contributed by atoms with E-state index in [0.29, 0.717) is 19.3 Å². The molecule has 1 saturated heterocycles. The Hall–Kier alpha value is -1.86. The first-order valence-corrected chi connectivity index (χ1v) is 9.53. The summed E-state index contributed by atoms with van der Waals surface area (Å²) in [6, 6.07) is 4.01. The summed E-state index contributed by atoms with van der Waals surface area (Å²) in [5.74, 6) is 1.77. The molecule has 2 rings (SSSR count). The van der Waals surface area contributed by atoms with Crippen molar-refractivity contribution in [3.63, 3.8) is 0 Å². The molecule has 1 aliphatic heterocycles. The molecular weight excluding hydrogens is 330 g/mol. The van der Waals surface area contributed by atoms with E-state index in [4.69, 9.17) is 9.47 Å². The molecule has 0 radical (unpaired) electrons. The van der Waals surface area contributed by atoms with Crippen molar-refractivity contribution in [1.82, 2.24) is 15.6 Å². The summed E-state index contributed by atoms with van der Waals surface area (Å²) in [6.45, 7) is 6.63. The van der Waals surface area contributed by atoms with Gasteiger partial charge in [-0.2, -0.15) is 0 Å². The third-order valence-electron chi connectivity index (χ3n) is 4.13. The van der Waals surface area contributed by atoms with Gasteiger partial charge in [0.05, 0.1) is 19.3 Å². The molecule has 0 aliphatic carbocycles. The van der Waals surface area contributed by atoms with Crippen LogP contribution in [0.3, 0.4) is 0 Å². The van der Waals surface area contributed by atoms with Gasteiger partial charge in [0.2, 0.25) is 0 Å². The fraction of sp³-hybridized carbons (Fsp3) is 0.684. The van der Waals surface area contributed by atoms with Gasteiger partial charge in [-0.3, -0.25) is 0 Å². The molecule has 2 heterocycles. The minimum atomic E-state index is 0.298. The highest BCUT2D eigenvalue weighted by Crippen LogP contribution is 2.15. The zero-order valence-electron chi connectivity index (χ0n) is 16.3. The number of pyridine rings is 1. The fourth-order valence-corrected chi connectivity index (χ4v) is 2.83. The molecule has 0 amide bonds. The number of nitrogens with zero attached hydrogens (tertiary/aromatic N) is 3. The lowest BCUT2D eigenvalue weighted by molar-refractivity contribution is 0.0168. The van der Waals surface area contributed by atoms with Crippen molar-refractivity contribution < 1.29 is 9.47 Å². The molecule has 0 aromatic carbocycles. The van der Waals surface area contributed by atoms with Crippen LogP contribution in [-0.4, -0.2) is 64.1 Å². The van der Waals surface area contributed by atoms with Crippen LogP contribution in [-0.2, 0) is 16.0 Å². The van der Waals surface area contributed by atoms with Crippen molar-refractivity contribution in [1.29, 1.82) is 0 Å². The zero-order valence-corrected chi connectivity index (χ0v) is 16.3. The van der Waals surface area contributed by atoms with E-state index in [-0.39, 0.29) is 0 Å². The molecule has 1 atom stereocenters. The largest absolute Gasteiger partial charge is 0.379 e. The third-order valence-corrected chi connectivity index (χ3v) is 4.13. The quantitative estimate of drug-likeness (QED) is 0.375. The second-order valence-electron chi connectivity index (χ2n) is 6.57. The fourth-order valence-electron chi connectivity index (χ4n) is 2.83. The van der Waals surface area contributed by atoms with Gasteiger partial charge in [0.1, 0.15) is 5.82 Å². The highest BCUT2D eigenvalue weighted by molar-refractivity contribution is 5.79. The Labute approximate surface area is 157 Å². The summed E-state index contributed by atoms with van der Waals surface area (Å²) in [6.07, 6.45) is 5.33. The van der Waals surface area contributed by atoms with Crippen molar-refractivity contribution in [3.05, 3.63) is 23.9 Å². The SMILES string of the molecule is CCNC(=NCc1cccnc1N(C)C)NCCCOCC1CCCO1. The van der Waals surface area contributed by atoms with Gasteiger partial charge >= 0.3 is 0 Å². The van der Waals surface area contributed by atoms with Crippen molar-refractivity contribution in [2.45, 2.75) is 38.8 Å². The molecule has 2 N–H and O–H groups in total. The van der Waals surface area contributed by atoms with E-state index >= 15 is 0 Å². The molecule has 1 aromatic heterocycles. The summed E-state index contributed by atoms with van der Waals surface area (Å²) >= 11 is 0. The van der Waals surface area contributed by atoms with E-state index in [1.165, 1.54) is 0 Å². The summed E-state index contributed by atoms with van der Waals surface area (Å²) in [4.78, 5) is 11.1. The standard InChI is InChI=1S/C19H33N5O2/c1-4-20-19(22-11-7-12-25-15-17-9-6-13-26-17)23-14-16-8-5-10-21-18(16)24(2)3/h5,8,10,17H,4,6-7,9,11-15H2,1-3H3,(H2,20,22,23). The second-order valence-corrected chi connectivity index (χ2v) is 6.57. The van der Waals surface area contributed by atoms with Crippen molar-refractivity contribution in [3.8, 4) is 0 Å². The van der Waals surface area contributed by atoms with Crippen LogP contribution in [0.15, 0.2) is 23.3 Å². The molecule has 1 unspecified atom stereocenters. The summed E-state index contributed by atoms with van der Waals surface area (Å²) < 4.78 is 11.2. The van der Waals surface area contributed by atoms with E-state index in [1.807, 2.05) is 31.3 Å². The van der Waals surface area contributed by atoms with Gasteiger partial charge in [-0.15, -0.1) is 0 Å². The Morgan fingerprint density at radius 3 is 3.04 bits per heavy atom. The predicted molar refractivity (Wildman–Crippen MR) is 106 cm³/mol. The maximum absolute atomic E-state index is 5.69. The molecule has 0 saturated carbocycles. The van der Waals surface area contributed by atoms with Crippen LogP contribution in [0, 0.1) is 0 Å². The van der Waals surface area contributed by atoms with Crippen molar-refractivity contribution >= 4 is 11.8 Å². The number of hydrogen-bond donors (Lipinski definition) is 2. The Morgan fingerprint density at radius 2 is 2.31 bits per heavy atom. The summed E-state index contributed by atoms with van der Waals surface area (Å²) in [5, 5.41) is 6.64. The highest BCUT2D eigenvalue weighted by Gasteiger charge is 2.14. The smallest absolute Gasteiger partial charge is 0.191 e. The number of ether oxygens (including phenoxy) is 2. The van der Waals surface area contributed by atoms with Gasteiger partial charge in [0, 0.05) is 52.2 Å². The average Bonchev–Trinajstić information content (AvgIpc) is 3.16. The van der Waals surface area contributed by atoms with E-state index in [2.05, 4.69) is 33.6 Å². The molecule has 1 fully saturated rings. The van der Waals surface area contributed by atoms with E-state index in [0.717, 1.165) is 62.9 Å². The molecule has 0 bridgehead atoms. The second kappa shape index (κ2) is 11.7. The number of anilines is 1. The summed E-state index contributed by atoms with van der Waals surface area (Å²) in [5.41, 5.74) is 1.11. The molecular formula is C19H33N5O2. The number of guanidine groups is 1. The minimum absolute atomic E-state index is 0.298. The van der Waals surface area contributed by atoms with Gasteiger partial charge in [0.15, 0.2) is 5.96 Å². The van der Waals surface area contributed by atoms with Crippen LogP contribution in [0.25, 0.3) is 0 Å². The van der Waals surface area contributed by atoms with E-state index in [1.54, 1.807) is 0 Å². The van der Waals surface area contributed by atoms with Crippen LogP contribution in [0.5, 0.6) is 0 Å². The van der Waals surface area contributed by atoms with E-state index < -0.39 is 0 Å². The number of nitrogens with one attached hydrogen (secondary N) is 2. The summed E-state index contributed by atoms with van der Waals surface area (Å²) in [7, 11) is 3.99. The number of hydrogen-bond acceptors (Lipinski definition) is 5. The molecule has 1 aliphatic rings. The van der Waals surface area contributed by atoms with Crippen LogP contribution in [0.4, 0.5) is 5.82 Å². The topological polar surface area (TPSA) is 71.0 Å². The molecule has 26 heavy (non-hydrogen) atoms. The van der Waals surface area contributed by atoms with Gasteiger partial charge in [-0.1, -0.05) is 6.07 Å². The number of rotatable bonds is 10. The first-order valence-electron chi connectivity index (χ1n) is 9.53. The Bertz CT molecular complexity index is 544. The van der Waals surface area contributed by atoms with Crippen LogP contribution < -0.4 is 15.5 Å². The average molecular weight is 364 g/mol. The molecule has 146 valence electrons. The minimum Gasteiger partial charge on any atom is -0.379 e. The van der Waals surface area contributed by atoms with E-state index in [9.17, 15) is 0 Å². The molecule has 7 nitrogen and oxygen atoms in total. The lowest BCUT2D eigenvalue weighted by Gasteiger charge is -2.16. The number of aliphatic imine (C=N–C) groups is 1. The Balaban J connectivity index is 1.72. The van der Waals surface area contributed by atoms with Gasteiger partial charge in [-0.05, 0) is 32.3 Å². The number of aromatic nitrogens is 1. The Kier molecular flexibility index (Phi) is 9.20. The van der Waals surface area contributed by atoms with Gasteiger partial charge in [-0.25, -0.2) is 9.98 Å². The maximum atomic E-state index is 5.69. The van der Waals surface area contributed by atoms with Gasteiger partial charge in [0.25, 0.3) is 0 Å². The van der Waals surface area contributed by atoms with Gasteiger partial charge < -0.3 is 25.0 Å².